The maximum absolute atomic E-state index is 13.6. The van der Waals surface area contributed by atoms with Crippen molar-refractivity contribution in [1.29, 1.82) is 10.8 Å². The van der Waals surface area contributed by atoms with Crippen molar-refractivity contribution in [1.82, 2.24) is 9.97 Å². The molecule has 2 aromatic heterocycles. The van der Waals surface area contributed by atoms with Crippen LogP contribution in [0.2, 0.25) is 0 Å². The first-order valence-corrected chi connectivity index (χ1v) is 11.9. The molecule has 5 aromatic rings. The highest BCUT2D eigenvalue weighted by Crippen LogP contribution is 2.32. The number of aromatic nitrogens is 2. The fourth-order valence-electron chi connectivity index (χ4n) is 4.37. The normalized spacial score (nSPS) is 11.7. The molecule has 1 atom stereocenters. The Morgan fingerprint density at radius 1 is 1.03 bits per heavy atom. The van der Waals surface area contributed by atoms with Crippen LogP contribution in [0.4, 0.5) is 17.3 Å². The van der Waals surface area contributed by atoms with Crippen LogP contribution in [0, 0.1) is 10.8 Å². The SMILES string of the molecule is CC(Nc1ncnc(N)c1C(=N)c1ccc(C=N)c(N)c1)c1oc2ccccc2c(=O)c1-c1ccccc1. The third-order valence-electron chi connectivity index (χ3n) is 6.29. The average molecular weight is 504 g/mol. The van der Waals surface area contributed by atoms with Gasteiger partial charge in [-0.25, -0.2) is 9.97 Å². The van der Waals surface area contributed by atoms with Crippen molar-refractivity contribution in [2.75, 3.05) is 16.8 Å². The predicted octanol–water partition coefficient (Wildman–Crippen LogP) is 5.00. The molecular formula is C29H25N7O2. The molecule has 7 N–H and O–H groups in total. The minimum atomic E-state index is -0.534. The van der Waals surface area contributed by atoms with E-state index >= 15 is 0 Å². The Balaban J connectivity index is 1.60. The molecule has 0 spiro atoms. The van der Waals surface area contributed by atoms with Crippen molar-refractivity contribution in [3.63, 3.8) is 0 Å². The summed E-state index contributed by atoms with van der Waals surface area (Å²) >= 11 is 0. The molecule has 0 amide bonds. The smallest absolute Gasteiger partial charge is 0.200 e. The number of fused-ring (bicyclic) bond motifs is 1. The van der Waals surface area contributed by atoms with Crippen LogP contribution in [-0.4, -0.2) is 21.9 Å². The first-order chi connectivity index (χ1) is 18.4. The molecule has 9 nitrogen and oxygen atoms in total. The fourth-order valence-corrected chi connectivity index (χ4v) is 4.37. The number of rotatable bonds is 7. The first-order valence-electron chi connectivity index (χ1n) is 11.9. The summed E-state index contributed by atoms with van der Waals surface area (Å²) in [5, 5.41) is 20.1. The number of nitrogens with zero attached hydrogens (tertiary/aromatic N) is 2. The lowest BCUT2D eigenvalue weighted by atomic mass is 9.98. The van der Waals surface area contributed by atoms with Gasteiger partial charge in [-0.05, 0) is 30.7 Å². The molecule has 3 aromatic carbocycles. The van der Waals surface area contributed by atoms with Crippen molar-refractivity contribution < 1.29 is 4.42 Å². The highest BCUT2D eigenvalue weighted by molar-refractivity contribution is 6.16. The van der Waals surface area contributed by atoms with Gasteiger partial charge in [0.25, 0.3) is 0 Å². The lowest BCUT2D eigenvalue weighted by molar-refractivity contribution is 0.515. The maximum atomic E-state index is 13.6. The van der Waals surface area contributed by atoms with E-state index in [1.54, 1.807) is 36.4 Å². The van der Waals surface area contributed by atoms with Crippen LogP contribution in [-0.2, 0) is 0 Å². The minimum Gasteiger partial charge on any atom is -0.458 e. The summed E-state index contributed by atoms with van der Waals surface area (Å²) in [7, 11) is 0. The quantitative estimate of drug-likeness (QED) is 0.154. The zero-order chi connectivity index (χ0) is 26.8. The number of nitrogens with two attached hydrogens (primary N) is 2. The van der Waals surface area contributed by atoms with Crippen molar-refractivity contribution in [3.05, 3.63) is 112 Å². The molecule has 188 valence electrons. The summed E-state index contributed by atoms with van der Waals surface area (Å²) in [6, 6.07) is 20.9. The van der Waals surface area contributed by atoms with Crippen molar-refractivity contribution in [2.24, 2.45) is 0 Å². The maximum Gasteiger partial charge on any atom is 0.200 e. The van der Waals surface area contributed by atoms with Crippen molar-refractivity contribution >= 4 is 40.2 Å². The number of nitrogen functional groups attached to an aromatic ring is 2. The van der Waals surface area contributed by atoms with Gasteiger partial charge in [0.15, 0.2) is 0 Å². The Kier molecular flexibility index (Phi) is 6.40. The third kappa shape index (κ3) is 4.37. The molecule has 5 rings (SSSR count). The van der Waals surface area contributed by atoms with Crippen LogP contribution in [0.15, 0.2) is 88.3 Å². The molecule has 38 heavy (non-hydrogen) atoms. The molecule has 2 heterocycles. The van der Waals surface area contributed by atoms with E-state index in [0.29, 0.717) is 44.9 Å². The second-order valence-corrected chi connectivity index (χ2v) is 8.74. The molecule has 0 radical (unpaired) electrons. The van der Waals surface area contributed by atoms with Gasteiger partial charge in [-0.15, -0.1) is 0 Å². The Hall–Kier alpha value is -5.31. The number of nitrogens with one attached hydrogen (secondary N) is 3. The van der Waals surface area contributed by atoms with Crippen LogP contribution in [0.3, 0.4) is 0 Å². The van der Waals surface area contributed by atoms with Crippen molar-refractivity contribution in [3.8, 4) is 11.1 Å². The first kappa shape index (κ1) is 24.4. The highest BCUT2D eigenvalue weighted by atomic mass is 16.3. The van der Waals surface area contributed by atoms with Crippen LogP contribution < -0.4 is 22.2 Å². The topological polar surface area (TPSA) is 168 Å². The largest absolute Gasteiger partial charge is 0.458 e. The second-order valence-electron chi connectivity index (χ2n) is 8.74. The minimum absolute atomic E-state index is 0.0595. The molecular weight excluding hydrogens is 478 g/mol. The number of para-hydroxylation sites is 1. The van der Waals surface area contributed by atoms with Gasteiger partial charge < -0.3 is 26.6 Å². The molecule has 9 heteroatoms. The van der Waals surface area contributed by atoms with E-state index in [1.807, 2.05) is 43.3 Å². The zero-order valence-corrected chi connectivity index (χ0v) is 20.5. The van der Waals surface area contributed by atoms with Crippen LogP contribution in [0.25, 0.3) is 22.1 Å². The monoisotopic (exact) mass is 503 g/mol. The van der Waals surface area contributed by atoms with Gasteiger partial charge >= 0.3 is 0 Å². The van der Waals surface area contributed by atoms with E-state index < -0.39 is 6.04 Å². The standard InChI is InChI=1S/C29H25N7O2/c1-16(27-23(17-7-3-2-4-8-17)26(37)20-9-5-6-10-22(20)38-27)36-29-24(28(33)34-15-35-29)25(32)18-11-12-19(14-30)21(31)13-18/h2-16,30,32H,31H2,1H3,(H3,33,34,35,36). The number of benzene rings is 3. The van der Waals surface area contributed by atoms with Crippen LogP contribution in [0.5, 0.6) is 0 Å². The summed E-state index contributed by atoms with van der Waals surface area (Å²) in [5.41, 5.74) is 15.5. The highest BCUT2D eigenvalue weighted by Gasteiger charge is 2.24. The van der Waals surface area contributed by atoms with Crippen molar-refractivity contribution in [2.45, 2.75) is 13.0 Å². The molecule has 0 saturated carbocycles. The average Bonchev–Trinajstić information content (AvgIpc) is 2.93. The lowest BCUT2D eigenvalue weighted by Gasteiger charge is -2.20. The van der Waals surface area contributed by atoms with Gasteiger partial charge in [0.1, 0.15) is 29.3 Å². The molecule has 0 bridgehead atoms. The second kappa shape index (κ2) is 9.98. The molecule has 1 unspecified atom stereocenters. The summed E-state index contributed by atoms with van der Waals surface area (Å²) < 4.78 is 6.29. The number of anilines is 3. The molecule has 0 aliphatic carbocycles. The van der Waals surface area contributed by atoms with Crippen LogP contribution in [0.1, 0.15) is 35.4 Å². The van der Waals surface area contributed by atoms with E-state index in [9.17, 15) is 4.79 Å². The summed E-state index contributed by atoms with van der Waals surface area (Å²) in [5.74, 6) is 0.839. The lowest BCUT2D eigenvalue weighted by Crippen LogP contribution is -2.18. The number of hydrogen-bond acceptors (Lipinski definition) is 9. The number of hydrogen-bond donors (Lipinski definition) is 5. The van der Waals surface area contributed by atoms with E-state index in [-0.39, 0.29) is 22.5 Å². The van der Waals surface area contributed by atoms with E-state index in [4.69, 9.17) is 26.7 Å². The van der Waals surface area contributed by atoms with E-state index in [1.165, 1.54) is 6.33 Å². The molecule has 0 aliphatic rings. The fraction of sp³-hybridized carbons (Fsp3) is 0.0690. The Morgan fingerprint density at radius 3 is 2.50 bits per heavy atom. The van der Waals surface area contributed by atoms with E-state index in [2.05, 4.69) is 15.3 Å². The van der Waals surface area contributed by atoms with Crippen LogP contribution >= 0.6 is 0 Å². The van der Waals surface area contributed by atoms with Gasteiger partial charge in [0.2, 0.25) is 5.43 Å². The van der Waals surface area contributed by atoms with E-state index in [0.717, 1.165) is 11.8 Å². The zero-order valence-electron chi connectivity index (χ0n) is 20.5. The predicted molar refractivity (Wildman–Crippen MR) is 151 cm³/mol. The molecule has 0 fully saturated rings. The van der Waals surface area contributed by atoms with Gasteiger partial charge in [-0.3, -0.25) is 10.2 Å². The molecule has 0 aliphatic heterocycles. The Labute approximate surface area is 218 Å². The summed E-state index contributed by atoms with van der Waals surface area (Å²) in [6.45, 7) is 1.85. The van der Waals surface area contributed by atoms with Gasteiger partial charge in [0, 0.05) is 23.0 Å². The Morgan fingerprint density at radius 2 is 1.76 bits per heavy atom. The van der Waals surface area contributed by atoms with Gasteiger partial charge in [-0.1, -0.05) is 54.6 Å². The summed E-state index contributed by atoms with van der Waals surface area (Å²) in [4.78, 5) is 22.1. The molecule has 0 saturated heterocycles. The summed E-state index contributed by atoms with van der Waals surface area (Å²) in [6.07, 6.45) is 2.46. The third-order valence-corrected chi connectivity index (χ3v) is 6.29. The Bertz CT molecular complexity index is 1750. The van der Waals surface area contributed by atoms with Gasteiger partial charge in [-0.2, -0.15) is 0 Å². The van der Waals surface area contributed by atoms with Gasteiger partial charge in [0.05, 0.1) is 28.3 Å².